The van der Waals surface area contributed by atoms with Gasteiger partial charge in [0.05, 0.1) is 12.2 Å². The second kappa shape index (κ2) is 7.80. The molecule has 0 bridgehead atoms. The Morgan fingerprint density at radius 1 is 0.897 bits per heavy atom. The van der Waals surface area contributed by atoms with Crippen LogP contribution in [0.2, 0.25) is 0 Å². The molecule has 4 aliphatic rings. The molecule has 0 aromatic heterocycles. The smallest absolute Gasteiger partial charge is 0.0588 e. The number of rotatable bonds is 4. The zero-order valence-electron chi connectivity index (χ0n) is 19.9. The third-order valence-corrected chi connectivity index (χ3v) is 10.9. The first-order chi connectivity index (χ1) is 13.6. The number of hydrogen-bond acceptors (Lipinski definition) is 2. The van der Waals surface area contributed by atoms with E-state index in [0.29, 0.717) is 10.8 Å². The Hall–Kier alpha value is -0.0800. The highest BCUT2D eigenvalue weighted by molar-refractivity contribution is 5.09. The summed E-state index contributed by atoms with van der Waals surface area (Å²) in [6, 6.07) is 0. The van der Waals surface area contributed by atoms with E-state index in [1.807, 2.05) is 0 Å². The molecule has 6 unspecified atom stereocenters. The minimum Gasteiger partial charge on any atom is -0.393 e. The van der Waals surface area contributed by atoms with Crippen molar-refractivity contribution in [3.63, 3.8) is 0 Å². The quantitative estimate of drug-likeness (QED) is 0.555. The number of hydrogen-bond donors (Lipinski definition) is 2. The van der Waals surface area contributed by atoms with Crippen LogP contribution in [-0.2, 0) is 0 Å². The van der Waals surface area contributed by atoms with Crippen LogP contribution >= 0.6 is 0 Å². The van der Waals surface area contributed by atoms with Gasteiger partial charge in [-0.05, 0) is 116 Å². The van der Waals surface area contributed by atoms with Crippen LogP contribution in [0.3, 0.4) is 0 Å². The highest BCUT2D eigenvalue weighted by Gasteiger charge is 2.59. The molecule has 168 valence electrons. The zero-order valence-corrected chi connectivity index (χ0v) is 19.9. The summed E-state index contributed by atoms with van der Waals surface area (Å²) in [6.45, 7) is 11.7. The lowest BCUT2D eigenvalue weighted by molar-refractivity contribution is -0.127. The van der Waals surface area contributed by atoms with Crippen molar-refractivity contribution >= 4 is 0 Å². The lowest BCUT2D eigenvalue weighted by Gasteiger charge is -2.61. The molecule has 2 nitrogen and oxygen atoms in total. The summed E-state index contributed by atoms with van der Waals surface area (Å²) < 4.78 is 0. The van der Waals surface area contributed by atoms with Gasteiger partial charge in [0, 0.05) is 0 Å². The van der Waals surface area contributed by atoms with E-state index in [9.17, 15) is 10.2 Å². The van der Waals surface area contributed by atoms with Crippen LogP contribution in [0.25, 0.3) is 0 Å². The Bertz CT molecular complexity index is 580. The minimum absolute atomic E-state index is 0.0157. The summed E-state index contributed by atoms with van der Waals surface area (Å²) in [5.41, 5.74) is 1.06. The van der Waals surface area contributed by atoms with E-state index in [1.54, 1.807) is 0 Å². The van der Waals surface area contributed by atoms with Crippen LogP contribution < -0.4 is 0 Å². The van der Waals surface area contributed by atoms with Crippen molar-refractivity contribution in [2.24, 2.45) is 45.8 Å². The fourth-order valence-electron chi connectivity index (χ4n) is 8.81. The van der Waals surface area contributed by atoms with Gasteiger partial charge in [-0.15, -0.1) is 0 Å². The van der Waals surface area contributed by atoms with E-state index in [4.69, 9.17) is 0 Å². The largest absolute Gasteiger partial charge is 0.393 e. The van der Waals surface area contributed by atoms with E-state index in [-0.39, 0.29) is 17.6 Å². The van der Waals surface area contributed by atoms with Gasteiger partial charge in [0.15, 0.2) is 0 Å². The Morgan fingerprint density at radius 3 is 2.31 bits per heavy atom. The summed E-state index contributed by atoms with van der Waals surface area (Å²) >= 11 is 0. The molecule has 0 aromatic rings. The fraction of sp³-hybridized carbons (Fsp3) is 1.00. The molecule has 2 N–H and O–H groups in total. The molecule has 29 heavy (non-hydrogen) atoms. The van der Waals surface area contributed by atoms with Gasteiger partial charge in [-0.2, -0.15) is 0 Å². The first kappa shape index (κ1) is 22.1. The average Bonchev–Trinajstić information content (AvgIpc) is 2.98. The van der Waals surface area contributed by atoms with Crippen molar-refractivity contribution in [3.05, 3.63) is 0 Å². The van der Waals surface area contributed by atoms with Gasteiger partial charge in [0.25, 0.3) is 0 Å². The molecule has 0 radical (unpaired) electrons. The lowest BCUT2D eigenvalue weighted by atomic mass is 9.44. The highest BCUT2D eigenvalue weighted by atomic mass is 16.3. The van der Waals surface area contributed by atoms with Gasteiger partial charge in [-0.25, -0.2) is 0 Å². The fourth-order valence-corrected chi connectivity index (χ4v) is 8.81. The summed E-state index contributed by atoms with van der Waals surface area (Å²) in [5, 5.41) is 20.7. The van der Waals surface area contributed by atoms with Gasteiger partial charge in [-0.1, -0.05) is 41.0 Å². The lowest BCUT2D eigenvalue weighted by Crippen LogP contribution is -2.53. The number of fused-ring (bicyclic) bond motifs is 5. The number of aliphatic hydroxyl groups is 2. The second-order valence-electron chi connectivity index (χ2n) is 13.2. The topological polar surface area (TPSA) is 40.5 Å². The molecule has 4 saturated carbocycles. The Balaban J connectivity index is 1.41. The minimum atomic E-state index is -0.167. The highest BCUT2D eigenvalue weighted by Crippen LogP contribution is 2.67. The normalized spacial score (nSPS) is 48.5. The molecule has 4 aliphatic carbocycles. The zero-order chi connectivity index (χ0) is 21.0. The Kier molecular flexibility index (Phi) is 5.95. The van der Waals surface area contributed by atoms with Crippen molar-refractivity contribution in [2.75, 3.05) is 0 Å². The maximum Gasteiger partial charge on any atom is 0.0588 e. The molecular weight excluding hydrogens is 356 g/mol. The van der Waals surface area contributed by atoms with Gasteiger partial charge < -0.3 is 10.2 Å². The summed E-state index contributed by atoms with van der Waals surface area (Å²) in [5.74, 6) is 4.43. The van der Waals surface area contributed by atoms with Crippen molar-refractivity contribution in [2.45, 2.75) is 124 Å². The van der Waals surface area contributed by atoms with E-state index in [1.165, 1.54) is 57.8 Å². The number of aliphatic hydroxyl groups excluding tert-OH is 2. The van der Waals surface area contributed by atoms with E-state index in [2.05, 4.69) is 34.6 Å². The Labute approximate surface area is 180 Å². The molecule has 0 heterocycles. The molecule has 4 rings (SSSR count). The first-order valence-corrected chi connectivity index (χ1v) is 12.9. The molecule has 0 aromatic carbocycles. The predicted octanol–water partition coefficient (Wildman–Crippen LogP) is 6.58. The summed E-state index contributed by atoms with van der Waals surface area (Å²) in [6.07, 6.45) is 15.2. The maximum atomic E-state index is 10.4. The van der Waals surface area contributed by atoms with Crippen molar-refractivity contribution in [1.82, 2.24) is 0 Å². The third kappa shape index (κ3) is 3.84. The average molecular weight is 405 g/mol. The van der Waals surface area contributed by atoms with Crippen LogP contribution in [-0.4, -0.2) is 22.4 Å². The van der Waals surface area contributed by atoms with Crippen LogP contribution in [0.5, 0.6) is 0 Å². The molecule has 0 spiro atoms. The SMILES string of the molecule is CC(C)(C)C(O)CCC[C@H]1CCC2[C@@H]3CCC4CC(O)CC[C@]4(C)C3CCC21C. The third-order valence-electron chi connectivity index (χ3n) is 10.9. The van der Waals surface area contributed by atoms with Crippen LogP contribution in [0.4, 0.5) is 0 Å². The molecule has 0 amide bonds. The monoisotopic (exact) mass is 404 g/mol. The molecule has 9 atom stereocenters. The second-order valence-corrected chi connectivity index (χ2v) is 13.2. The standard InChI is InChI=1S/C27H48O2/c1-25(2,3)24(29)8-6-7-18-10-12-22-21-11-9-19-17-20(28)13-15-27(19,5)23(21)14-16-26(18,22)4/h18-24,28-29H,6-17H2,1-5H3/t18-,19?,20?,21-,22?,23?,24?,26?,27-/m0/s1. The van der Waals surface area contributed by atoms with Gasteiger partial charge in [0.2, 0.25) is 0 Å². The molecule has 0 saturated heterocycles. The van der Waals surface area contributed by atoms with Crippen LogP contribution in [0.15, 0.2) is 0 Å². The van der Waals surface area contributed by atoms with Gasteiger partial charge in [-0.3, -0.25) is 0 Å². The van der Waals surface area contributed by atoms with Crippen LogP contribution in [0, 0.1) is 45.8 Å². The molecule has 0 aliphatic heterocycles. The van der Waals surface area contributed by atoms with E-state index < -0.39 is 0 Å². The molecule has 2 heteroatoms. The van der Waals surface area contributed by atoms with Crippen molar-refractivity contribution in [3.8, 4) is 0 Å². The van der Waals surface area contributed by atoms with Crippen molar-refractivity contribution < 1.29 is 10.2 Å². The predicted molar refractivity (Wildman–Crippen MR) is 121 cm³/mol. The van der Waals surface area contributed by atoms with Crippen LogP contribution in [0.1, 0.15) is 112 Å². The first-order valence-electron chi connectivity index (χ1n) is 12.9. The maximum absolute atomic E-state index is 10.4. The van der Waals surface area contributed by atoms with Crippen molar-refractivity contribution in [1.29, 1.82) is 0 Å². The summed E-state index contributed by atoms with van der Waals surface area (Å²) in [7, 11) is 0. The molecule has 4 fully saturated rings. The van der Waals surface area contributed by atoms with Gasteiger partial charge >= 0.3 is 0 Å². The van der Waals surface area contributed by atoms with E-state index in [0.717, 1.165) is 48.9 Å². The van der Waals surface area contributed by atoms with Gasteiger partial charge in [0.1, 0.15) is 0 Å². The Morgan fingerprint density at radius 2 is 1.59 bits per heavy atom. The molecular formula is C27H48O2. The summed E-state index contributed by atoms with van der Waals surface area (Å²) in [4.78, 5) is 0. The van der Waals surface area contributed by atoms with E-state index >= 15 is 0 Å².